The maximum absolute atomic E-state index is 11.6. The number of carbonyl (C=O) groups excluding carboxylic acids is 4. The van der Waals surface area contributed by atoms with Crippen molar-refractivity contribution in [2.45, 2.75) is 52.1 Å². The molecule has 1 aliphatic heterocycles. The quantitative estimate of drug-likeness (QED) is 0.365. The minimum atomic E-state index is -1.16. The van der Waals surface area contributed by atoms with Crippen molar-refractivity contribution in [1.82, 2.24) is 4.90 Å². The summed E-state index contributed by atoms with van der Waals surface area (Å²) in [5.41, 5.74) is 0. The van der Waals surface area contributed by atoms with Gasteiger partial charge in [-0.15, -0.1) is 6.42 Å². The highest BCUT2D eigenvalue weighted by Crippen LogP contribution is 2.24. The van der Waals surface area contributed by atoms with Gasteiger partial charge >= 0.3 is 23.9 Å². The van der Waals surface area contributed by atoms with Gasteiger partial charge in [-0.2, -0.15) is 0 Å². The first-order valence-electron chi connectivity index (χ1n) is 7.98. The number of terminal acetylenes is 1. The second-order valence-electron chi connectivity index (χ2n) is 5.84. The highest BCUT2D eigenvalue weighted by Gasteiger charge is 2.47. The zero-order chi connectivity index (χ0) is 19.9. The van der Waals surface area contributed by atoms with E-state index >= 15 is 0 Å². The Morgan fingerprint density at radius 1 is 0.808 bits per heavy atom. The van der Waals surface area contributed by atoms with Gasteiger partial charge in [-0.05, 0) is 0 Å². The van der Waals surface area contributed by atoms with E-state index < -0.39 is 48.3 Å². The molecule has 1 rings (SSSR count). The van der Waals surface area contributed by atoms with Crippen LogP contribution in [-0.4, -0.2) is 72.8 Å². The van der Waals surface area contributed by atoms with Gasteiger partial charge in [-0.3, -0.25) is 24.1 Å². The number of ether oxygens (including phenoxy) is 4. The third kappa shape index (κ3) is 6.72. The van der Waals surface area contributed by atoms with Crippen molar-refractivity contribution in [1.29, 1.82) is 0 Å². The molecule has 9 heteroatoms. The number of carbonyl (C=O) groups is 4. The van der Waals surface area contributed by atoms with Crippen LogP contribution in [0.3, 0.4) is 0 Å². The molecule has 0 bridgehead atoms. The summed E-state index contributed by atoms with van der Waals surface area (Å²) in [5.74, 6) is -0.108. The van der Waals surface area contributed by atoms with Gasteiger partial charge in [0.1, 0.15) is 0 Å². The van der Waals surface area contributed by atoms with Gasteiger partial charge in [0.05, 0.1) is 6.54 Å². The number of rotatable bonds is 5. The van der Waals surface area contributed by atoms with Crippen molar-refractivity contribution < 1.29 is 38.1 Å². The lowest BCUT2D eigenvalue weighted by Crippen LogP contribution is -2.51. The lowest BCUT2D eigenvalue weighted by atomic mass is 10.0. The van der Waals surface area contributed by atoms with Crippen molar-refractivity contribution in [2.24, 2.45) is 0 Å². The summed E-state index contributed by atoms with van der Waals surface area (Å²) in [6, 6.07) is 0. The van der Waals surface area contributed by atoms with E-state index in [2.05, 4.69) is 5.92 Å². The molecule has 0 aromatic rings. The van der Waals surface area contributed by atoms with E-state index in [0.29, 0.717) is 0 Å². The molecule has 4 atom stereocenters. The van der Waals surface area contributed by atoms with Gasteiger partial charge < -0.3 is 18.9 Å². The normalized spacial score (nSPS) is 26.0. The zero-order valence-electron chi connectivity index (χ0n) is 15.2. The molecule has 9 nitrogen and oxygen atoms in total. The molecule has 0 saturated carbocycles. The van der Waals surface area contributed by atoms with Crippen LogP contribution < -0.4 is 0 Å². The van der Waals surface area contributed by atoms with Crippen LogP contribution in [0.5, 0.6) is 0 Å². The van der Waals surface area contributed by atoms with Crippen molar-refractivity contribution in [3.05, 3.63) is 0 Å². The topological polar surface area (TPSA) is 108 Å². The van der Waals surface area contributed by atoms with Crippen LogP contribution in [0.25, 0.3) is 0 Å². The fourth-order valence-electron chi connectivity index (χ4n) is 2.78. The zero-order valence-corrected chi connectivity index (χ0v) is 15.2. The Kier molecular flexibility index (Phi) is 8.06. The molecule has 0 aromatic heterocycles. The summed E-state index contributed by atoms with van der Waals surface area (Å²) in [6.07, 6.45) is 1.11. The predicted molar refractivity (Wildman–Crippen MR) is 87.5 cm³/mol. The van der Waals surface area contributed by atoms with Gasteiger partial charge in [-0.25, -0.2) is 0 Å². The summed E-state index contributed by atoms with van der Waals surface area (Å²) in [7, 11) is 0. The van der Waals surface area contributed by atoms with Crippen LogP contribution in [0, 0.1) is 12.3 Å². The summed E-state index contributed by atoms with van der Waals surface area (Å²) in [5, 5.41) is 0. The minimum absolute atomic E-state index is 0.108. The first-order chi connectivity index (χ1) is 12.1. The standard InChI is InChI=1S/C17H23NO8/c1-6-7-18-8-14(23-10(2)19)16(25-12(4)21)17(26-13(5)22)15(9-18)24-11(3)20/h1,14-17H,7-9H2,2-5H3/t14-,15-,16+,17+/m0/s1. The second kappa shape index (κ2) is 9.77. The maximum Gasteiger partial charge on any atom is 0.303 e. The van der Waals surface area contributed by atoms with Gasteiger partial charge in [0.15, 0.2) is 24.4 Å². The smallest absolute Gasteiger partial charge is 0.303 e. The Labute approximate surface area is 151 Å². The van der Waals surface area contributed by atoms with E-state index in [-0.39, 0.29) is 19.6 Å². The first-order valence-corrected chi connectivity index (χ1v) is 7.98. The SMILES string of the molecule is C#CCN1C[C@H](OC(C)=O)[C@@H](OC(C)=O)[C@H](OC(C)=O)[C@@H](OC(C)=O)C1. The lowest BCUT2D eigenvalue weighted by molar-refractivity contribution is -0.193. The lowest BCUT2D eigenvalue weighted by Gasteiger charge is -2.32. The molecule has 144 valence electrons. The Balaban J connectivity index is 3.33. The summed E-state index contributed by atoms with van der Waals surface area (Å²) < 4.78 is 21.1. The number of hydrogen-bond acceptors (Lipinski definition) is 9. The van der Waals surface area contributed by atoms with Gasteiger partial charge in [0.25, 0.3) is 0 Å². The molecular weight excluding hydrogens is 346 g/mol. The van der Waals surface area contributed by atoms with Gasteiger partial charge in [-0.1, -0.05) is 5.92 Å². The number of esters is 4. The Morgan fingerprint density at radius 3 is 1.42 bits per heavy atom. The van der Waals surface area contributed by atoms with Gasteiger partial charge in [0, 0.05) is 40.8 Å². The van der Waals surface area contributed by atoms with Crippen molar-refractivity contribution in [3.63, 3.8) is 0 Å². The molecule has 0 unspecified atom stereocenters. The monoisotopic (exact) mass is 369 g/mol. The number of likely N-dealkylation sites (tertiary alicyclic amines) is 1. The van der Waals surface area contributed by atoms with Crippen LogP contribution in [0.1, 0.15) is 27.7 Å². The number of nitrogens with zero attached hydrogens (tertiary/aromatic N) is 1. The van der Waals surface area contributed by atoms with Crippen molar-refractivity contribution in [3.8, 4) is 12.3 Å². The highest BCUT2D eigenvalue weighted by molar-refractivity contribution is 5.69. The highest BCUT2D eigenvalue weighted by atomic mass is 16.6. The fraction of sp³-hybridized carbons (Fsp3) is 0.647. The third-order valence-electron chi connectivity index (χ3n) is 3.49. The molecule has 0 aliphatic carbocycles. The van der Waals surface area contributed by atoms with E-state index in [1.165, 1.54) is 27.7 Å². The molecule has 1 heterocycles. The molecule has 0 aromatic carbocycles. The molecule has 1 aliphatic rings. The van der Waals surface area contributed by atoms with Crippen LogP contribution >= 0.6 is 0 Å². The molecule has 1 fully saturated rings. The Hall–Kier alpha value is -2.60. The molecule has 0 amide bonds. The summed E-state index contributed by atoms with van der Waals surface area (Å²) >= 11 is 0. The number of hydrogen-bond donors (Lipinski definition) is 0. The van der Waals surface area contributed by atoms with E-state index in [9.17, 15) is 19.2 Å². The average Bonchev–Trinajstić information content (AvgIpc) is 2.58. The maximum atomic E-state index is 11.6. The van der Waals surface area contributed by atoms with Crippen molar-refractivity contribution in [2.75, 3.05) is 19.6 Å². The minimum Gasteiger partial charge on any atom is -0.457 e. The largest absolute Gasteiger partial charge is 0.457 e. The Morgan fingerprint density at radius 2 is 1.15 bits per heavy atom. The molecule has 0 radical (unpaired) electrons. The van der Waals surface area contributed by atoms with Gasteiger partial charge in [0.2, 0.25) is 0 Å². The van der Waals surface area contributed by atoms with Crippen LogP contribution in [-0.2, 0) is 38.1 Å². The van der Waals surface area contributed by atoms with Crippen LogP contribution in [0.4, 0.5) is 0 Å². The molecule has 26 heavy (non-hydrogen) atoms. The van der Waals surface area contributed by atoms with E-state index in [0.717, 1.165) is 0 Å². The fourth-order valence-corrected chi connectivity index (χ4v) is 2.78. The van der Waals surface area contributed by atoms with E-state index in [1.807, 2.05) is 0 Å². The first kappa shape index (κ1) is 21.4. The van der Waals surface area contributed by atoms with Crippen LogP contribution in [0.2, 0.25) is 0 Å². The molecule has 0 spiro atoms. The molecular formula is C17H23NO8. The molecule has 0 N–H and O–H groups in total. The van der Waals surface area contributed by atoms with E-state index in [4.69, 9.17) is 25.4 Å². The predicted octanol–water partition coefficient (Wildman–Crippen LogP) is -0.338. The summed E-state index contributed by atoms with van der Waals surface area (Å²) in [6.45, 7) is 5.11. The van der Waals surface area contributed by atoms with E-state index in [1.54, 1.807) is 4.90 Å². The average molecular weight is 369 g/mol. The summed E-state index contributed by atoms with van der Waals surface area (Å²) in [4.78, 5) is 47.8. The van der Waals surface area contributed by atoms with Crippen LogP contribution in [0.15, 0.2) is 0 Å². The second-order valence-corrected chi connectivity index (χ2v) is 5.84. The Bertz CT molecular complexity index is 552. The van der Waals surface area contributed by atoms with Crippen molar-refractivity contribution >= 4 is 23.9 Å². The molecule has 1 saturated heterocycles. The third-order valence-corrected chi connectivity index (χ3v) is 3.49.